The summed E-state index contributed by atoms with van der Waals surface area (Å²) in [5.41, 5.74) is 0. The van der Waals surface area contributed by atoms with Crippen LogP contribution in [0.2, 0.25) is 15.8 Å². The van der Waals surface area contributed by atoms with Crippen LogP contribution in [0.15, 0.2) is 0 Å². The molecule has 0 unspecified atom stereocenters. The molecule has 91 valence electrons. The standard InChI is InChI=1S/C5H11O.2C4H9.Al/c1-3-5-6-4-2;2*1-4(2)3;/h1,3-5H2,2H3;2*4H,1H2,2-3H3;/q;;;-1/p+1. The van der Waals surface area contributed by atoms with Crippen LogP contribution in [0.4, 0.5) is 0 Å². The minimum absolute atomic E-state index is 0.452. The average molecular weight is 229 g/mol. The Labute approximate surface area is 101 Å². The van der Waals surface area contributed by atoms with Crippen LogP contribution in [0.5, 0.6) is 0 Å². The molecule has 0 amide bonds. The minimum atomic E-state index is -0.452. The fourth-order valence-electron chi connectivity index (χ4n) is 2.32. The Morgan fingerprint density at radius 2 is 1.53 bits per heavy atom. The molecule has 0 aromatic heterocycles. The molecule has 0 saturated heterocycles. The molecule has 0 spiro atoms. The van der Waals surface area contributed by atoms with Gasteiger partial charge in [-0.05, 0) is 20.6 Å². The fraction of sp³-hybridized carbons (Fsp3) is 1.00. The monoisotopic (exact) mass is 229 g/mol. The van der Waals surface area contributed by atoms with Crippen molar-refractivity contribution in [3.05, 3.63) is 0 Å². The van der Waals surface area contributed by atoms with E-state index in [1.807, 2.05) is 0 Å². The number of rotatable bonds is 9. The van der Waals surface area contributed by atoms with E-state index in [-0.39, 0.29) is 0 Å². The maximum atomic E-state index is 4.42. The highest BCUT2D eigenvalue weighted by Crippen LogP contribution is 2.18. The Bertz CT molecular complexity index is 124. The van der Waals surface area contributed by atoms with Crippen LogP contribution in [0.25, 0.3) is 0 Å². The molecular weight excluding hydrogens is 199 g/mol. The summed E-state index contributed by atoms with van der Waals surface area (Å²) >= 11 is -0.452. The zero-order valence-corrected chi connectivity index (χ0v) is 12.6. The summed E-state index contributed by atoms with van der Waals surface area (Å²) in [5, 5.41) is 4.58. The highest BCUT2D eigenvalue weighted by atomic mass is 27.2. The molecule has 0 aromatic carbocycles. The largest absolute Gasteiger partial charge is 0.434 e. The highest BCUT2D eigenvalue weighted by molar-refractivity contribution is 6.58. The molecule has 1 radical (unpaired) electrons. The number of hydrogen-bond acceptors (Lipinski definition) is 0. The van der Waals surface area contributed by atoms with Crippen LogP contribution in [-0.2, 0) is 0 Å². The molecular formula is C13H30AlO. The molecule has 0 heterocycles. The molecule has 0 fully saturated rings. The van der Waals surface area contributed by atoms with Gasteiger partial charge in [-0.2, -0.15) is 0 Å². The lowest BCUT2D eigenvalue weighted by atomic mass is 10.3. The Hall–Kier alpha value is 0.492. The molecule has 0 aliphatic rings. The summed E-state index contributed by atoms with van der Waals surface area (Å²) in [6.07, 6.45) is 1.35. The van der Waals surface area contributed by atoms with Gasteiger partial charge in [0.05, 0.1) is 0 Å². The number of ether oxygens (including phenoxy) is 1. The van der Waals surface area contributed by atoms with E-state index in [4.69, 9.17) is 0 Å². The van der Waals surface area contributed by atoms with Gasteiger partial charge in [-0.15, -0.1) is 0 Å². The SMILES string of the molecule is CC[OH+]CC[CH2][Al-]([CH2]C(C)C)[CH2]C(C)C. The van der Waals surface area contributed by atoms with Crippen molar-refractivity contribution in [1.29, 1.82) is 0 Å². The zero-order valence-electron chi connectivity index (χ0n) is 11.4. The molecule has 0 bridgehead atoms. The summed E-state index contributed by atoms with van der Waals surface area (Å²) in [5.74, 6) is 1.81. The van der Waals surface area contributed by atoms with E-state index < -0.39 is 14.1 Å². The first kappa shape index (κ1) is 15.5. The predicted octanol–water partition coefficient (Wildman–Crippen LogP) is 3.73. The Morgan fingerprint density at radius 1 is 1.00 bits per heavy atom. The highest BCUT2D eigenvalue weighted by Gasteiger charge is 2.05. The molecule has 0 aliphatic carbocycles. The quantitative estimate of drug-likeness (QED) is 0.325. The van der Waals surface area contributed by atoms with Crippen molar-refractivity contribution in [3.8, 4) is 0 Å². The van der Waals surface area contributed by atoms with E-state index in [1.165, 1.54) is 22.3 Å². The maximum Gasteiger partial charge on any atom is 0.141 e. The lowest BCUT2D eigenvalue weighted by Gasteiger charge is -2.28. The van der Waals surface area contributed by atoms with E-state index in [1.54, 1.807) is 0 Å². The van der Waals surface area contributed by atoms with Gasteiger partial charge in [0.15, 0.2) is 0 Å². The molecule has 0 aliphatic heterocycles. The van der Waals surface area contributed by atoms with Gasteiger partial charge < -0.3 is 4.74 Å². The molecule has 0 saturated carbocycles. The van der Waals surface area contributed by atoms with Crippen LogP contribution in [0.1, 0.15) is 41.0 Å². The summed E-state index contributed by atoms with van der Waals surface area (Å²) in [7, 11) is 0. The molecule has 1 nitrogen and oxygen atoms in total. The van der Waals surface area contributed by atoms with Crippen molar-refractivity contribution < 1.29 is 4.74 Å². The van der Waals surface area contributed by atoms with E-state index >= 15 is 0 Å². The molecule has 1 N–H and O–H groups in total. The maximum absolute atomic E-state index is 4.42. The number of aliphatic hydroxyl groups is 2. The van der Waals surface area contributed by atoms with Crippen molar-refractivity contribution in [2.45, 2.75) is 56.9 Å². The first-order valence-corrected chi connectivity index (χ1v) is 9.14. The summed E-state index contributed by atoms with van der Waals surface area (Å²) in [4.78, 5) is 0. The summed E-state index contributed by atoms with van der Waals surface area (Å²) in [6, 6.07) is 0. The van der Waals surface area contributed by atoms with Gasteiger partial charge in [0, 0.05) is 6.92 Å². The number of hydrogen-bond donors (Lipinski definition) is 0. The van der Waals surface area contributed by atoms with Crippen LogP contribution < -0.4 is 0 Å². The first-order valence-electron chi connectivity index (χ1n) is 6.69. The van der Waals surface area contributed by atoms with E-state index in [0.29, 0.717) is 0 Å². The van der Waals surface area contributed by atoms with Crippen LogP contribution in [-0.4, -0.2) is 32.1 Å². The van der Waals surface area contributed by atoms with Crippen molar-refractivity contribution in [2.24, 2.45) is 11.8 Å². The van der Waals surface area contributed by atoms with Crippen LogP contribution in [0.3, 0.4) is 0 Å². The van der Waals surface area contributed by atoms with Crippen LogP contribution >= 0.6 is 0 Å². The fourth-order valence-corrected chi connectivity index (χ4v) is 6.41. The average Bonchev–Trinajstić information content (AvgIpc) is 2.10. The molecule has 0 rings (SSSR count). The smallest absolute Gasteiger partial charge is 0.141 e. The van der Waals surface area contributed by atoms with Crippen molar-refractivity contribution in [3.63, 3.8) is 0 Å². The van der Waals surface area contributed by atoms with Crippen molar-refractivity contribution in [1.82, 2.24) is 0 Å². The van der Waals surface area contributed by atoms with E-state index in [9.17, 15) is 0 Å². The second-order valence-corrected chi connectivity index (χ2v) is 8.78. The lowest BCUT2D eigenvalue weighted by molar-refractivity contribution is -0.0273. The van der Waals surface area contributed by atoms with Crippen molar-refractivity contribution >= 4 is 14.1 Å². The lowest BCUT2D eigenvalue weighted by Crippen LogP contribution is -2.18. The molecule has 15 heavy (non-hydrogen) atoms. The topological polar surface area (TPSA) is 12.8 Å². The Morgan fingerprint density at radius 3 is 1.93 bits per heavy atom. The Kier molecular flexibility index (Phi) is 10.0. The third-order valence-electron chi connectivity index (χ3n) is 2.76. The normalized spacial score (nSPS) is 12.0. The predicted molar refractivity (Wildman–Crippen MR) is 72.1 cm³/mol. The van der Waals surface area contributed by atoms with Gasteiger partial charge in [0.25, 0.3) is 0 Å². The van der Waals surface area contributed by atoms with Gasteiger partial charge in [-0.3, -0.25) is 0 Å². The van der Waals surface area contributed by atoms with Gasteiger partial charge in [-0.1, -0.05) is 39.5 Å². The molecule has 0 atom stereocenters. The second-order valence-electron chi connectivity index (χ2n) is 5.53. The first-order chi connectivity index (χ1) is 7.06. The van der Waals surface area contributed by atoms with Gasteiger partial charge >= 0.3 is 0 Å². The van der Waals surface area contributed by atoms with E-state index in [2.05, 4.69) is 39.4 Å². The molecule has 0 aromatic rings. The van der Waals surface area contributed by atoms with Gasteiger partial charge in [0.1, 0.15) is 13.2 Å². The van der Waals surface area contributed by atoms with E-state index in [0.717, 1.165) is 25.0 Å². The van der Waals surface area contributed by atoms with Crippen molar-refractivity contribution in [2.75, 3.05) is 13.2 Å². The van der Waals surface area contributed by atoms with Crippen LogP contribution in [0, 0.1) is 11.8 Å². The second kappa shape index (κ2) is 9.70. The van der Waals surface area contributed by atoms with Gasteiger partial charge in [-0.25, -0.2) is 15.8 Å². The molecule has 2 heteroatoms. The summed E-state index contributed by atoms with van der Waals surface area (Å²) in [6.45, 7) is 13.7. The zero-order chi connectivity index (χ0) is 11.7. The third kappa shape index (κ3) is 10.8. The third-order valence-corrected chi connectivity index (χ3v) is 7.21. The van der Waals surface area contributed by atoms with Gasteiger partial charge in [0.2, 0.25) is 0 Å². The Balaban J connectivity index is 3.69. The minimum Gasteiger partial charge on any atom is -0.434 e. The summed E-state index contributed by atoms with van der Waals surface area (Å²) < 4.78 is 4.42.